The van der Waals surface area contributed by atoms with Crippen LogP contribution < -0.4 is 0 Å². The van der Waals surface area contributed by atoms with Crippen LogP contribution in [0.4, 0.5) is 0 Å². The summed E-state index contributed by atoms with van der Waals surface area (Å²) in [4.78, 5) is 0. The Bertz CT molecular complexity index is 330. The topological polar surface area (TPSA) is 35.0 Å². The minimum Gasteiger partial charge on any atom is -0.374 e. The molecule has 1 aromatic heterocycles. The van der Waals surface area contributed by atoms with E-state index in [-0.39, 0.29) is 0 Å². The van der Waals surface area contributed by atoms with Crippen LogP contribution in [-0.2, 0) is 4.74 Å². The lowest BCUT2D eigenvalue weighted by molar-refractivity contribution is 0.100. The van der Waals surface area contributed by atoms with Crippen LogP contribution in [0.3, 0.4) is 0 Å². The zero-order chi connectivity index (χ0) is 8.84. The van der Waals surface area contributed by atoms with Crippen LogP contribution in [0, 0.1) is 0 Å². The number of fused-ring (bicyclic) bond motifs is 2. The lowest BCUT2D eigenvalue weighted by Crippen LogP contribution is -2.13. The predicted molar refractivity (Wildman–Crippen MR) is 50.2 cm³/mol. The third-order valence-electron chi connectivity index (χ3n) is 2.84. The Morgan fingerprint density at radius 3 is 2.85 bits per heavy atom. The predicted octanol–water partition coefficient (Wildman–Crippen LogP) is 2.23. The second-order valence-electron chi connectivity index (χ2n) is 3.61. The molecule has 2 bridgehead atoms. The Balaban J connectivity index is 1.87. The van der Waals surface area contributed by atoms with Gasteiger partial charge in [0.25, 0.3) is 0 Å². The first-order chi connectivity index (χ1) is 6.33. The molecule has 0 saturated carbocycles. The number of hydrogen-bond acceptors (Lipinski definition) is 4. The van der Waals surface area contributed by atoms with Gasteiger partial charge >= 0.3 is 0 Å². The van der Waals surface area contributed by atoms with Crippen molar-refractivity contribution < 1.29 is 4.74 Å². The molecule has 0 aliphatic carbocycles. The van der Waals surface area contributed by atoms with Crippen molar-refractivity contribution in [2.24, 2.45) is 0 Å². The first kappa shape index (κ1) is 8.15. The molecule has 3 unspecified atom stereocenters. The van der Waals surface area contributed by atoms with E-state index in [0.29, 0.717) is 22.6 Å². The molecular formula is C8H9ClN2OS. The normalized spacial score (nSPS) is 37.2. The third kappa shape index (κ3) is 1.28. The van der Waals surface area contributed by atoms with E-state index >= 15 is 0 Å². The highest BCUT2D eigenvalue weighted by Crippen LogP contribution is 2.45. The fourth-order valence-electron chi connectivity index (χ4n) is 2.26. The molecule has 70 valence electrons. The van der Waals surface area contributed by atoms with Crippen LogP contribution >= 0.6 is 22.9 Å². The van der Waals surface area contributed by atoms with E-state index in [0.717, 1.165) is 11.4 Å². The van der Waals surface area contributed by atoms with Crippen molar-refractivity contribution in [3.63, 3.8) is 0 Å². The summed E-state index contributed by atoms with van der Waals surface area (Å²) in [6.07, 6.45) is 4.35. The summed E-state index contributed by atoms with van der Waals surface area (Å²) >= 11 is 7.23. The Kier molecular flexibility index (Phi) is 1.82. The summed E-state index contributed by atoms with van der Waals surface area (Å²) in [5.41, 5.74) is 0. The molecule has 3 heterocycles. The molecule has 0 N–H and O–H groups in total. The number of halogens is 1. The van der Waals surface area contributed by atoms with E-state index in [1.807, 2.05) is 0 Å². The van der Waals surface area contributed by atoms with Crippen molar-refractivity contribution in [2.75, 3.05) is 0 Å². The molecule has 0 radical (unpaired) electrons. The Labute approximate surface area is 85.1 Å². The fourth-order valence-corrected chi connectivity index (χ4v) is 3.27. The summed E-state index contributed by atoms with van der Waals surface area (Å²) in [7, 11) is 0. The quantitative estimate of drug-likeness (QED) is 0.722. The van der Waals surface area contributed by atoms with Gasteiger partial charge in [-0.15, -0.1) is 10.2 Å². The largest absolute Gasteiger partial charge is 0.374 e. The van der Waals surface area contributed by atoms with Gasteiger partial charge in [0.2, 0.25) is 4.47 Å². The molecule has 0 aromatic carbocycles. The molecule has 0 amide bonds. The maximum absolute atomic E-state index is 5.75. The second kappa shape index (κ2) is 2.90. The van der Waals surface area contributed by atoms with Gasteiger partial charge < -0.3 is 4.74 Å². The number of hydrogen-bond donors (Lipinski definition) is 0. The number of aromatic nitrogens is 2. The monoisotopic (exact) mass is 216 g/mol. The van der Waals surface area contributed by atoms with Crippen LogP contribution in [0.1, 0.15) is 30.2 Å². The van der Waals surface area contributed by atoms with Gasteiger partial charge in [0.1, 0.15) is 5.01 Å². The average Bonchev–Trinajstić information content (AvgIpc) is 2.77. The molecule has 0 spiro atoms. The molecule has 2 aliphatic rings. The number of nitrogens with zero attached hydrogens (tertiary/aromatic N) is 2. The van der Waals surface area contributed by atoms with Gasteiger partial charge in [0, 0.05) is 5.92 Å². The van der Waals surface area contributed by atoms with Crippen LogP contribution in [0.25, 0.3) is 0 Å². The van der Waals surface area contributed by atoms with Crippen LogP contribution in [0.2, 0.25) is 4.47 Å². The third-order valence-corrected chi connectivity index (χ3v) is 3.99. The summed E-state index contributed by atoms with van der Waals surface area (Å²) in [5.74, 6) is 0.462. The van der Waals surface area contributed by atoms with Crippen molar-refractivity contribution in [2.45, 2.75) is 37.4 Å². The Hall–Kier alpha value is -0.190. The first-order valence-electron chi connectivity index (χ1n) is 4.47. The minimum absolute atomic E-state index is 0.383. The van der Waals surface area contributed by atoms with E-state index in [2.05, 4.69) is 10.2 Å². The maximum atomic E-state index is 5.75. The standard InChI is InChI=1S/C8H9ClN2OS/c9-8-11-10-7(13-8)5-3-4-1-2-6(5)12-4/h4-6H,1-3H2. The van der Waals surface area contributed by atoms with E-state index < -0.39 is 0 Å². The zero-order valence-corrected chi connectivity index (χ0v) is 8.51. The van der Waals surface area contributed by atoms with Crippen LogP contribution in [0.5, 0.6) is 0 Å². The summed E-state index contributed by atoms with van der Waals surface area (Å²) in [6.45, 7) is 0. The molecule has 3 nitrogen and oxygen atoms in total. The van der Waals surface area contributed by atoms with Gasteiger partial charge in [0.15, 0.2) is 0 Å². The minimum atomic E-state index is 0.383. The van der Waals surface area contributed by atoms with Crippen LogP contribution in [-0.4, -0.2) is 22.4 Å². The van der Waals surface area contributed by atoms with E-state index in [4.69, 9.17) is 16.3 Å². The molecule has 5 heteroatoms. The summed E-state index contributed by atoms with van der Waals surface area (Å²) < 4.78 is 6.28. The van der Waals surface area contributed by atoms with Gasteiger partial charge in [0.05, 0.1) is 12.2 Å². The Morgan fingerprint density at radius 2 is 2.31 bits per heavy atom. The lowest BCUT2D eigenvalue weighted by Gasteiger charge is -2.14. The molecule has 2 fully saturated rings. The van der Waals surface area contributed by atoms with Crippen molar-refractivity contribution in [3.05, 3.63) is 9.47 Å². The molecule has 13 heavy (non-hydrogen) atoms. The molecule has 3 atom stereocenters. The number of rotatable bonds is 1. The first-order valence-corrected chi connectivity index (χ1v) is 5.67. The summed E-state index contributed by atoms with van der Waals surface area (Å²) in [5, 5.41) is 8.95. The zero-order valence-electron chi connectivity index (χ0n) is 6.94. The lowest BCUT2D eigenvalue weighted by atomic mass is 9.90. The molecule has 3 rings (SSSR count). The molecule has 2 aliphatic heterocycles. The van der Waals surface area contributed by atoms with Crippen molar-refractivity contribution in [3.8, 4) is 0 Å². The number of ether oxygens (including phenoxy) is 1. The van der Waals surface area contributed by atoms with Gasteiger partial charge in [-0.05, 0) is 30.9 Å². The van der Waals surface area contributed by atoms with E-state index in [9.17, 15) is 0 Å². The highest BCUT2D eigenvalue weighted by Gasteiger charge is 2.43. The summed E-state index contributed by atoms with van der Waals surface area (Å²) in [6, 6.07) is 0. The highest BCUT2D eigenvalue weighted by molar-refractivity contribution is 7.15. The van der Waals surface area contributed by atoms with E-state index in [1.165, 1.54) is 24.2 Å². The SMILES string of the molecule is Clc1nnc(C2CC3CCC2O3)s1. The van der Waals surface area contributed by atoms with Gasteiger partial charge in [-0.3, -0.25) is 0 Å². The van der Waals surface area contributed by atoms with Crippen molar-refractivity contribution >= 4 is 22.9 Å². The maximum Gasteiger partial charge on any atom is 0.207 e. The average molecular weight is 217 g/mol. The van der Waals surface area contributed by atoms with Crippen LogP contribution in [0.15, 0.2) is 0 Å². The molecule has 1 aromatic rings. The van der Waals surface area contributed by atoms with Gasteiger partial charge in [-0.25, -0.2) is 0 Å². The van der Waals surface area contributed by atoms with Gasteiger partial charge in [-0.2, -0.15) is 0 Å². The smallest absolute Gasteiger partial charge is 0.207 e. The fraction of sp³-hybridized carbons (Fsp3) is 0.750. The van der Waals surface area contributed by atoms with E-state index in [1.54, 1.807) is 0 Å². The molecular weight excluding hydrogens is 208 g/mol. The second-order valence-corrected chi connectivity index (χ2v) is 5.20. The van der Waals surface area contributed by atoms with Crippen molar-refractivity contribution in [1.29, 1.82) is 0 Å². The van der Waals surface area contributed by atoms with Gasteiger partial charge in [-0.1, -0.05) is 11.3 Å². The molecule has 2 saturated heterocycles. The Morgan fingerprint density at radius 1 is 1.38 bits per heavy atom. The van der Waals surface area contributed by atoms with Crippen molar-refractivity contribution in [1.82, 2.24) is 10.2 Å². The highest BCUT2D eigenvalue weighted by atomic mass is 35.5.